The van der Waals surface area contributed by atoms with Crippen LogP contribution in [-0.4, -0.2) is 35.7 Å². The molecule has 114 valence electrons. The van der Waals surface area contributed by atoms with Gasteiger partial charge in [0.1, 0.15) is 0 Å². The maximum atomic E-state index is 6.29. The molecule has 2 heteroatoms. The van der Waals surface area contributed by atoms with Gasteiger partial charge in [0.05, 0.1) is 6.10 Å². The summed E-state index contributed by atoms with van der Waals surface area (Å²) in [5.74, 6) is 0. The van der Waals surface area contributed by atoms with Gasteiger partial charge in [-0.25, -0.2) is 0 Å². The lowest BCUT2D eigenvalue weighted by Gasteiger charge is -2.51. The maximum Gasteiger partial charge on any atom is 0.0783 e. The van der Waals surface area contributed by atoms with Crippen LogP contribution in [-0.2, 0) is 4.74 Å². The molecule has 0 saturated carbocycles. The Morgan fingerprint density at radius 1 is 0.842 bits per heavy atom. The monoisotopic (exact) mass is 269 g/mol. The highest BCUT2D eigenvalue weighted by Crippen LogP contribution is 2.40. The zero-order valence-corrected chi connectivity index (χ0v) is 14.6. The minimum atomic E-state index is 0.172. The highest BCUT2D eigenvalue weighted by atomic mass is 16.5. The van der Waals surface area contributed by atoms with Gasteiger partial charge in [0, 0.05) is 24.7 Å². The summed E-state index contributed by atoms with van der Waals surface area (Å²) in [6.07, 6.45) is 1.42. The lowest BCUT2D eigenvalue weighted by atomic mass is 9.72. The summed E-state index contributed by atoms with van der Waals surface area (Å²) in [7, 11) is 0. The van der Waals surface area contributed by atoms with E-state index in [-0.39, 0.29) is 22.5 Å². The van der Waals surface area contributed by atoms with Gasteiger partial charge < -0.3 is 4.74 Å². The normalized spacial score (nSPS) is 28.3. The molecule has 1 aliphatic rings. The Balaban J connectivity index is 3.23. The lowest BCUT2D eigenvalue weighted by Crippen LogP contribution is -2.60. The van der Waals surface area contributed by atoms with Crippen LogP contribution in [0.25, 0.3) is 0 Å². The zero-order valence-electron chi connectivity index (χ0n) is 14.6. The van der Waals surface area contributed by atoms with E-state index in [1.807, 2.05) is 0 Å². The van der Waals surface area contributed by atoms with Gasteiger partial charge in [-0.1, -0.05) is 41.5 Å². The van der Waals surface area contributed by atoms with Crippen molar-refractivity contribution >= 4 is 0 Å². The van der Waals surface area contributed by atoms with Crippen molar-refractivity contribution in [1.29, 1.82) is 0 Å². The molecule has 1 aliphatic heterocycles. The fourth-order valence-corrected chi connectivity index (χ4v) is 3.24. The van der Waals surface area contributed by atoms with E-state index in [1.54, 1.807) is 0 Å². The number of nitrogens with zero attached hydrogens (tertiary/aromatic N) is 1. The Bertz CT molecular complexity index is 266. The molecule has 0 N–H and O–H groups in total. The molecular formula is C17H35NO. The molecule has 0 aromatic heterocycles. The molecular weight excluding hydrogens is 234 g/mol. The SMILES string of the molecule is CC(C)(C)C1OCCCN(C(C)(C)C)C1C(C)(C)C. The van der Waals surface area contributed by atoms with Gasteiger partial charge in [-0.2, -0.15) is 0 Å². The Morgan fingerprint density at radius 3 is 1.74 bits per heavy atom. The summed E-state index contributed by atoms with van der Waals surface area (Å²) in [6.45, 7) is 23.0. The van der Waals surface area contributed by atoms with E-state index in [9.17, 15) is 0 Å². The van der Waals surface area contributed by atoms with Crippen LogP contribution < -0.4 is 0 Å². The molecule has 0 radical (unpaired) electrons. The van der Waals surface area contributed by atoms with Crippen LogP contribution in [0.15, 0.2) is 0 Å². The van der Waals surface area contributed by atoms with E-state index in [4.69, 9.17) is 4.74 Å². The predicted octanol–water partition coefficient (Wildman–Crippen LogP) is 4.34. The van der Waals surface area contributed by atoms with Crippen LogP contribution in [0, 0.1) is 10.8 Å². The van der Waals surface area contributed by atoms with Crippen molar-refractivity contribution < 1.29 is 4.74 Å². The first-order valence-electron chi connectivity index (χ1n) is 7.73. The quantitative estimate of drug-likeness (QED) is 0.649. The maximum absolute atomic E-state index is 6.29. The van der Waals surface area contributed by atoms with E-state index in [1.165, 1.54) is 0 Å². The van der Waals surface area contributed by atoms with Crippen molar-refractivity contribution in [2.24, 2.45) is 10.8 Å². The molecule has 0 aliphatic carbocycles. The number of ether oxygens (including phenoxy) is 1. The predicted molar refractivity (Wildman–Crippen MR) is 83.5 cm³/mol. The molecule has 19 heavy (non-hydrogen) atoms. The van der Waals surface area contributed by atoms with E-state index >= 15 is 0 Å². The molecule has 0 aromatic rings. The van der Waals surface area contributed by atoms with Crippen molar-refractivity contribution in [3.8, 4) is 0 Å². The number of hydrogen-bond acceptors (Lipinski definition) is 2. The third-order valence-corrected chi connectivity index (χ3v) is 4.07. The molecule has 1 rings (SSSR count). The highest BCUT2D eigenvalue weighted by molar-refractivity contribution is 4.99. The second-order valence-corrected chi connectivity index (χ2v) is 9.19. The summed E-state index contributed by atoms with van der Waals surface area (Å²) >= 11 is 0. The number of hydrogen-bond donors (Lipinski definition) is 0. The Hall–Kier alpha value is -0.0800. The molecule has 1 saturated heterocycles. The van der Waals surface area contributed by atoms with E-state index < -0.39 is 0 Å². The molecule has 0 spiro atoms. The van der Waals surface area contributed by atoms with Gasteiger partial charge in [0.2, 0.25) is 0 Å². The van der Waals surface area contributed by atoms with E-state index in [0.717, 1.165) is 19.6 Å². The standard InChI is InChI=1S/C17H35NO/c1-15(2,3)13-14(16(4,5)6)19-12-10-11-18(13)17(7,8)9/h13-14H,10-12H2,1-9H3. The first kappa shape index (κ1) is 17.0. The molecule has 0 amide bonds. The molecule has 1 heterocycles. The Kier molecular flexibility index (Phi) is 4.79. The lowest BCUT2D eigenvalue weighted by molar-refractivity contribution is -0.100. The smallest absolute Gasteiger partial charge is 0.0783 e. The zero-order chi connectivity index (χ0) is 15.1. The molecule has 0 aromatic carbocycles. The third kappa shape index (κ3) is 4.19. The van der Waals surface area contributed by atoms with Crippen LogP contribution in [0.1, 0.15) is 68.7 Å². The fourth-order valence-electron chi connectivity index (χ4n) is 3.24. The van der Waals surface area contributed by atoms with Crippen LogP contribution in [0.4, 0.5) is 0 Å². The first-order valence-corrected chi connectivity index (χ1v) is 7.73. The van der Waals surface area contributed by atoms with Gasteiger partial charge in [-0.15, -0.1) is 0 Å². The summed E-state index contributed by atoms with van der Waals surface area (Å²) in [5.41, 5.74) is 0.580. The van der Waals surface area contributed by atoms with Crippen molar-refractivity contribution in [3.05, 3.63) is 0 Å². The molecule has 2 unspecified atom stereocenters. The summed E-state index contributed by atoms with van der Waals surface area (Å²) in [4.78, 5) is 2.68. The summed E-state index contributed by atoms with van der Waals surface area (Å²) in [6, 6.07) is 0.454. The Morgan fingerprint density at radius 2 is 1.37 bits per heavy atom. The molecule has 2 nitrogen and oxygen atoms in total. The minimum absolute atomic E-state index is 0.172. The number of rotatable bonds is 0. The third-order valence-electron chi connectivity index (χ3n) is 4.07. The van der Waals surface area contributed by atoms with Gasteiger partial charge in [-0.3, -0.25) is 4.90 Å². The Labute approximate surface area is 120 Å². The summed E-state index contributed by atoms with van der Waals surface area (Å²) in [5, 5.41) is 0. The first-order chi connectivity index (χ1) is 8.35. The van der Waals surface area contributed by atoms with Crippen LogP contribution in [0.5, 0.6) is 0 Å². The van der Waals surface area contributed by atoms with Crippen molar-refractivity contribution in [2.45, 2.75) is 86.4 Å². The minimum Gasteiger partial charge on any atom is -0.376 e. The molecule has 1 fully saturated rings. The van der Waals surface area contributed by atoms with Crippen molar-refractivity contribution in [2.75, 3.05) is 13.2 Å². The highest BCUT2D eigenvalue weighted by Gasteiger charge is 2.46. The summed E-state index contributed by atoms with van der Waals surface area (Å²) < 4.78 is 6.29. The largest absolute Gasteiger partial charge is 0.376 e. The van der Waals surface area contributed by atoms with Gasteiger partial charge in [-0.05, 0) is 38.0 Å². The van der Waals surface area contributed by atoms with Crippen molar-refractivity contribution in [3.63, 3.8) is 0 Å². The van der Waals surface area contributed by atoms with Gasteiger partial charge in [0.25, 0.3) is 0 Å². The van der Waals surface area contributed by atoms with Crippen molar-refractivity contribution in [1.82, 2.24) is 4.90 Å². The molecule has 0 bridgehead atoms. The van der Waals surface area contributed by atoms with E-state index in [0.29, 0.717) is 6.04 Å². The second-order valence-electron chi connectivity index (χ2n) is 9.19. The van der Waals surface area contributed by atoms with Crippen LogP contribution in [0.3, 0.4) is 0 Å². The fraction of sp³-hybridized carbons (Fsp3) is 1.00. The topological polar surface area (TPSA) is 12.5 Å². The average molecular weight is 269 g/mol. The second kappa shape index (κ2) is 5.37. The van der Waals surface area contributed by atoms with E-state index in [2.05, 4.69) is 67.2 Å². The van der Waals surface area contributed by atoms with Crippen LogP contribution >= 0.6 is 0 Å². The van der Waals surface area contributed by atoms with Gasteiger partial charge >= 0.3 is 0 Å². The molecule has 2 atom stereocenters. The van der Waals surface area contributed by atoms with Gasteiger partial charge in [0.15, 0.2) is 0 Å². The average Bonchev–Trinajstić information content (AvgIpc) is 2.35. The van der Waals surface area contributed by atoms with Crippen LogP contribution in [0.2, 0.25) is 0 Å².